The van der Waals surface area contributed by atoms with Gasteiger partial charge in [0.1, 0.15) is 17.3 Å². The lowest BCUT2D eigenvalue weighted by Crippen LogP contribution is -2.05. The Balaban J connectivity index is 1.74. The summed E-state index contributed by atoms with van der Waals surface area (Å²) in [5, 5.41) is 8.53. The molecule has 26 heavy (non-hydrogen) atoms. The summed E-state index contributed by atoms with van der Waals surface area (Å²) in [7, 11) is 0. The summed E-state index contributed by atoms with van der Waals surface area (Å²) in [5.41, 5.74) is 3.57. The lowest BCUT2D eigenvalue weighted by Gasteiger charge is -2.09. The second-order valence-electron chi connectivity index (χ2n) is 6.08. The van der Waals surface area contributed by atoms with Crippen LogP contribution < -0.4 is 0 Å². The maximum atomic E-state index is 13.5. The number of halogens is 1. The first kappa shape index (κ1) is 16.1. The third-order valence-corrected chi connectivity index (χ3v) is 4.27. The second-order valence-corrected chi connectivity index (χ2v) is 6.08. The van der Waals surface area contributed by atoms with Crippen LogP contribution in [0.25, 0.3) is 22.6 Å². The van der Waals surface area contributed by atoms with Crippen molar-refractivity contribution in [3.8, 4) is 22.6 Å². The minimum Gasteiger partial charge on any atom is -0.305 e. The van der Waals surface area contributed by atoms with Crippen LogP contribution in [0.3, 0.4) is 0 Å². The van der Waals surface area contributed by atoms with Crippen LogP contribution in [0.1, 0.15) is 11.4 Å². The van der Waals surface area contributed by atoms with Crippen LogP contribution in [0.2, 0.25) is 0 Å². The van der Waals surface area contributed by atoms with E-state index in [4.69, 9.17) is 0 Å². The number of aryl methyl sites for hydroxylation is 1. The Bertz CT molecular complexity index is 1040. The van der Waals surface area contributed by atoms with Crippen molar-refractivity contribution in [2.45, 2.75) is 13.5 Å². The Hall–Kier alpha value is -3.34. The maximum Gasteiger partial charge on any atom is 0.182 e. The third kappa shape index (κ3) is 3.24. The zero-order valence-electron chi connectivity index (χ0n) is 14.3. The van der Waals surface area contributed by atoms with Gasteiger partial charge in [0.25, 0.3) is 0 Å². The van der Waals surface area contributed by atoms with Gasteiger partial charge in [-0.1, -0.05) is 42.5 Å². The van der Waals surface area contributed by atoms with Crippen molar-refractivity contribution in [3.63, 3.8) is 0 Å². The fourth-order valence-corrected chi connectivity index (χ4v) is 2.93. The molecule has 4 rings (SSSR count). The average molecular weight is 344 g/mol. The average Bonchev–Trinajstić information content (AvgIpc) is 3.03. The Morgan fingerprint density at radius 2 is 1.69 bits per heavy atom. The first-order valence-electron chi connectivity index (χ1n) is 8.37. The lowest BCUT2D eigenvalue weighted by molar-refractivity contribution is 0.628. The molecule has 0 radical (unpaired) electrons. The van der Waals surface area contributed by atoms with Crippen LogP contribution in [-0.2, 0) is 6.54 Å². The molecule has 4 aromatic rings. The van der Waals surface area contributed by atoms with Crippen LogP contribution in [0.4, 0.5) is 4.39 Å². The molecule has 0 aliphatic carbocycles. The number of rotatable bonds is 4. The summed E-state index contributed by atoms with van der Waals surface area (Å²) >= 11 is 0. The van der Waals surface area contributed by atoms with Gasteiger partial charge in [0.15, 0.2) is 5.82 Å². The molecular formula is C21H17FN4. The molecule has 2 heterocycles. The predicted octanol–water partition coefficient (Wildman–Crippen LogP) is 4.50. The van der Waals surface area contributed by atoms with Crippen molar-refractivity contribution in [2.75, 3.05) is 0 Å². The third-order valence-electron chi connectivity index (χ3n) is 4.27. The van der Waals surface area contributed by atoms with Gasteiger partial charge in [-0.2, -0.15) is 0 Å². The van der Waals surface area contributed by atoms with Gasteiger partial charge >= 0.3 is 0 Å². The van der Waals surface area contributed by atoms with E-state index in [-0.39, 0.29) is 5.82 Å². The van der Waals surface area contributed by atoms with Gasteiger partial charge < -0.3 is 4.57 Å². The van der Waals surface area contributed by atoms with Crippen molar-refractivity contribution in [2.24, 2.45) is 0 Å². The van der Waals surface area contributed by atoms with E-state index in [9.17, 15) is 4.39 Å². The van der Waals surface area contributed by atoms with Crippen LogP contribution in [0.5, 0.6) is 0 Å². The summed E-state index contributed by atoms with van der Waals surface area (Å²) in [5.74, 6) is 1.26. The summed E-state index contributed by atoms with van der Waals surface area (Å²) in [4.78, 5) is 4.46. The van der Waals surface area contributed by atoms with Crippen molar-refractivity contribution in [3.05, 3.63) is 90.1 Å². The number of benzene rings is 2. The van der Waals surface area contributed by atoms with Gasteiger partial charge in [-0.05, 0) is 47.9 Å². The predicted molar refractivity (Wildman–Crippen MR) is 98.9 cm³/mol. The molecule has 0 saturated carbocycles. The number of nitrogens with zero attached hydrogens (tertiary/aromatic N) is 4. The highest BCUT2D eigenvalue weighted by Gasteiger charge is 2.13. The Labute approximate surface area is 151 Å². The molecule has 0 unspecified atom stereocenters. The van der Waals surface area contributed by atoms with Gasteiger partial charge in [-0.3, -0.25) is 4.98 Å². The van der Waals surface area contributed by atoms with Gasteiger partial charge in [0, 0.05) is 6.20 Å². The number of aromatic nitrogens is 4. The Kier molecular flexibility index (Phi) is 4.27. The molecule has 0 atom stereocenters. The smallest absolute Gasteiger partial charge is 0.182 e. The SMILES string of the molecule is Cc1nnc(-c2cc(-c3cccc(F)c3)ccn2)n1Cc1ccccc1. The molecule has 2 aromatic heterocycles. The van der Waals surface area contributed by atoms with Crippen molar-refractivity contribution in [1.29, 1.82) is 0 Å². The van der Waals surface area contributed by atoms with E-state index in [1.807, 2.05) is 47.9 Å². The monoisotopic (exact) mass is 344 g/mol. The first-order valence-corrected chi connectivity index (χ1v) is 8.37. The second kappa shape index (κ2) is 6.88. The van der Waals surface area contributed by atoms with Gasteiger partial charge in [0.2, 0.25) is 0 Å². The Morgan fingerprint density at radius 3 is 2.50 bits per heavy atom. The first-order chi connectivity index (χ1) is 12.7. The summed E-state index contributed by atoms with van der Waals surface area (Å²) in [6, 6.07) is 20.5. The van der Waals surface area contributed by atoms with E-state index >= 15 is 0 Å². The molecule has 0 spiro atoms. The molecule has 128 valence electrons. The van der Waals surface area contributed by atoms with E-state index in [1.165, 1.54) is 12.1 Å². The van der Waals surface area contributed by atoms with Crippen LogP contribution in [-0.4, -0.2) is 19.7 Å². The van der Waals surface area contributed by atoms with Crippen LogP contribution in [0, 0.1) is 12.7 Å². The fraction of sp³-hybridized carbons (Fsp3) is 0.0952. The molecule has 5 heteroatoms. The molecule has 0 fully saturated rings. The molecular weight excluding hydrogens is 327 g/mol. The minimum absolute atomic E-state index is 0.260. The van der Waals surface area contributed by atoms with E-state index in [2.05, 4.69) is 27.3 Å². The minimum atomic E-state index is -0.260. The maximum absolute atomic E-state index is 13.5. The molecule has 2 aromatic carbocycles. The number of pyridine rings is 1. The Morgan fingerprint density at radius 1 is 0.885 bits per heavy atom. The number of hydrogen-bond donors (Lipinski definition) is 0. The summed E-state index contributed by atoms with van der Waals surface area (Å²) in [6.07, 6.45) is 1.71. The van der Waals surface area contributed by atoms with E-state index in [0.717, 1.165) is 22.5 Å². The molecule has 0 N–H and O–H groups in total. The van der Waals surface area contributed by atoms with Crippen molar-refractivity contribution in [1.82, 2.24) is 19.7 Å². The van der Waals surface area contributed by atoms with Gasteiger partial charge in [-0.25, -0.2) is 4.39 Å². The zero-order valence-corrected chi connectivity index (χ0v) is 14.3. The topological polar surface area (TPSA) is 43.6 Å². The lowest BCUT2D eigenvalue weighted by atomic mass is 10.1. The zero-order chi connectivity index (χ0) is 17.9. The number of hydrogen-bond acceptors (Lipinski definition) is 3. The summed E-state index contributed by atoms with van der Waals surface area (Å²) in [6.45, 7) is 2.59. The van der Waals surface area contributed by atoms with Crippen molar-refractivity contribution < 1.29 is 4.39 Å². The van der Waals surface area contributed by atoms with Crippen LogP contribution >= 0.6 is 0 Å². The molecule has 0 saturated heterocycles. The van der Waals surface area contributed by atoms with Crippen molar-refractivity contribution >= 4 is 0 Å². The highest BCUT2D eigenvalue weighted by atomic mass is 19.1. The van der Waals surface area contributed by atoms with Crippen LogP contribution in [0.15, 0.2) is 72.9 Å². The van der Waals surface area contributed by atoms with E-state index in [1.54, 1.807) is 12.3 Å². The molecule has 4 nitrogen and oxygen atoms in total. The standard InChI is InChI=1S/C21H17FN4/c1-15-24-25-21(26(15)14-16-6-3-2-4-7-16)20-13-18(10-11-23-20)17-8-5-9-19(22)12-17/h2-13H,14H2,1H3. The van der Waals surface area contributed by atoms with Gasteiger partial charge in [0.05, 0.1) is 6.54 Å². The largest absolute Gasteiger partial charge is 0.305 e. The highest BCUT2D eigenvalue weighted by Crippen LogP contribution is 2.25. The normalized spacial score (nSPS) is 10.8. The molecule has 0 aliphatic rings. The molecule has 0 aliphatic heterocycles. The summed E-state index contributed by atoms with van der Waals surface area (Å²) < 4.78 is 15.6. The fourth-order valence-electron chi connectivity index (χ4n) is 2.93. The molecule has 0 bridgehead atoms. The van der Waals surface area contributed by atoms with Gasteiger partial charge in [-0.15, -0.1) is 10.2 Å². The van der Waals surface area contributed by atoms with E-state index in [0.29, 0.717) is 18.1 Å². The quantitative estimate of drug-likeness (QED) is 0.547. The molecule has 0 amide bonds. The van der Waals surface area contributed by atoms with E-state index < -0.39 is 0 Å². The highest BCUT2D eigenvalue weighted by molar-refractivity contribution is 5.68.